The zero-order chi connectivity index (χ0) is 9.84. The number of nitrogens with zero attached hydrogens (tertiary/aromatic N) is 1. The molecular formula is C8H13N3OS. The van der Waals surface area contributed by atoms with Crippen molar-refractivity contribution in [3.05, 3.63) is 16.1 Å². The lowest BCUT2D eigenvalue weighted by molar-refractivity contribution is 0.246. The molecule has 13 heavy (non-hydrogen) atoms. The maximum Gasteiger partial charge on any atom is 0.312 e. The van der Waals surface area contributed by atoms with Gasteiger partial charge in [0.05, 0.1) is 6.04 Å². The number of primary amides is 1. The number of aryl methyl sites for hydroxylation is 1. The van der Waals surface area contributed by atoms with E-state index >= 15 is 0 Å². The van der Waals surface area contributed by atoms with E-state index in [2.05, 4.69) is 17.2 Å². The third-order valence-electron chi connectivity index (χ3n) is 1.65. The summed E-state index contributed by atoms with van der Waals surface area (Å²) in [7, 11) is 0. The fourth-order valence-electron chi connectivity index (χ4n) is 0.961. The van der Waals surface area contributed by atoms with Gasteiger partial charge in [-0.05, 0) is 13.3 Å². The quantitative estimate of drug-likeness (QED) is 0.773. The van der Waals surface area contributed by atoms with Crippen molar-refractivity contribution in [3.63, 3.8) is 0 Å². The van der Waals surface area contributed by atoms with Gasteiger partial charge in [0, 0.05) is 11.1 Å². The molecule has 1 heterocycles. The van der Waals surface area contributed by atoms with Crippen LogP contribution in [0.2, 0.25) is 0 Å². The van der Waals surface area contributed by atoms with Crippen LogP contribution < -0.4 is 11.1 Å². The highest BCUT2D eigenvalue weighted by Gasteiger charge is 2.10. The summed E-state index contributed by atoms with van der Waals surface area (Å²) >= 11 is 1.60. The second kappa shape index (κ2) is 4.23. The predicted molar refractivity (Wildman–Crippen MR) is 52.6 cm³/mol. The third-order valence-corrected chi connectivity index (χ3v) is 2.97. The predicted octanol–water partition coefficient (Wildman–Crippen LogP) is 1.43. The Kier molecular flexibility index (Phi) is 3.25. The molecule has 0 radical (unpaired) electrons. The number of nitrogens with two attached hydrogens (primary N) is 1. The zero-order valence-corrected chi connectivity index (χ0v) is 8.52. The molecule has 1 unspecified atom stereocenters. The molecule has 0 saturated carbocycles. The molecule has 1 aromatic heterocycles. The van der Waals surface area contributed by atoms with E-state index < -0.39 is 6.03 Å². The van der Waals surface area contributed by atoms with Gasteiger partial charge in [-0.25, -0.2) is 9.78 Å². The molecule has 0 aliphatic heterocycles. The minimum Gasteiger partial charge on any atom is -0.352 e. The van der Waals surface area contributed by atoms with E-state index in [1.165, 1.54) is 4.88 Å². The molecular weight excluding hydrogens is 186 g/mol. The molecule has 0 bridgehead atoms. The van der Waals surface area contributed by atoms with E-state index in [1.807, 2.05) is 13.1 Å². The first-order chi connectivity index (χ1) is 6.13. The molecule has 0 aliphatic carbocycles. The monoisotopic (exact) mass is 199 g/mol. The van der Waals surface area contributed by atoms with Gasteiger partial charge in [-0.3, -0.25) is 0 Å². The van der Waals surface area contributed by atoms with Crippen LogP contribution in [0.25, 0.3) is 0 Å². The largest absolute Gasteiger partial charge is 0.352 e. The first-order valence-electron chi connectivity index (χ1n) is 4.14. The van der Waals surface area contributed by atoms with E-state index in [0.717, 1.165) is 11.4 Å². The van der Waals surface area contributed by atoms with Crippen molar-refractivity contribution in [2.75, 3.05) is 0 Å². The molecule has 0 fully saturated rings. The fraction of sp³-hybridized carbons (Fsp3) is 0.500. The van der Waals surface area contributed by atoms with Gasteiger partial charge in [-0.15, -0.1) is 11.3 Å². The molecule has 0 spiro atoms. The topological polar surface area (TPSA) is 68.0 Å². The average Bonchev–Trinajstić information content (AvgIpc) is 2.50. The molecule has 4 nitrogen and oxygen atoms in total. The van der Waals surface area contributed by atoms with Crippen molar-refractivity contribution < 1.29 is 4.79 Å². The summed E-state index contributed by atoms with van der Waals surface area (Å²) in [5.74, 6) is 0. The molecule has 2 amide bonds. The van der Waals surface area contributed by atoms with Crippen molar-refractivity contribution >= 4 is 17.4 Å². The van der Waals surface area contributed by atoms with Gasteiger partial charge in [-0.2, -0.15) is 0 Å². The lowest BCUT2D eigenvalue weighted by atomic mass is 10.4. The molecule has 1 aromatic rings. The minimum absolute atomic E-state index is 0.0946. The normalized spacial score (nSPS) is 12.5. The standard InChI is InChI=1S/C8H13N3OS/c1-3-6-4-10-7(13-6)5(2)11-8(9)12/h4-5H,3H2,1-2H3,(H3,9,11,12). The van der Waals surface area contributed by atoms with E-state index in [0.29, 0.717) is 0 Å². The van der Waals surface area contributed by atoms with Crippen molar-refractivity contribution in [3.8, 4) is 0 Å². The summed E-state index contributed by atoms with van der Waals surface area (Å²) in [5, 5.41) is 3.48. The van der Waals surface area contributed by atoms with Gasteiger partial charge in [-0.1, -0.05) is 6.92 Å². The minimum atomic E-state index is -0.513. The average molecular weight is 199 g/mol. The van der Waals surface area contributed by atoms with Crippen molar-refractivity contribution in [2.24, 2.45) is 5.73 Å². The summed E-state index contributed by atoms with van der Waals surface area (Å²) < 4.78 is 0. The van der Waals surface area contributed by atoms with Crippen LogP contribution in [0.5, 0.6) is 0 Å². The molecule has 0 saturated heterocycles. The first kappa shape index (κ1) is 9.98. The van der Waals surface area contributed by atoms with Crippen molar-refractivity contribution in [1.82, 2.24) is 10.3 Å². The number of aromatic nitrogens is 1. The van der Waals surface area contributed by atoms with Crippen LogP contribution in [0, 0.1) is 0 Å². The number of amides is 2. The van der Waals surface area contributed by atoms with E-state index in [9.17, 15) is 4.79 Å². The van der Waals surface area contributed by atoms with Crippen LogP contribution >= 0.6 is 11.3 Å². The Bertz CT molecular complexity index is 297. The first-order valence-corrected chi connectivity index (χ1v) is 4.95. The Hall–Kier alpha value is -1.10. The summed E-state index contributed by atoms with van der Waals surface area (Å²) in [6.07, 6.45) is 2.81. The summed E-state index contributed by atoms with van der Waals surface area (Å²) in [6, 6.07) is -0.608. The second-order valence-electron chi connectivity index (χ2n) is 2.75. The molecule has 0 aliphatic rings. The number of carbonyl (C=O) groups excluding carboxylic acids is 1. The number of hydrogen-bond acceptors (Lipinski definition) is 3. The Labute approximate surface area is 81.2 Å². The van der Waals surface area contributed by atoms with E-state index in [4.69, 9.17) is 5.73 Å². The van der Waals surface area contributed by atoms with Gasteiger partial charge in [0.15, 0.2) is 0 Å². The summed E-state index contributed by atoms with van der Waals surface area (Å²) in [5.41, 5.74) is 5.00. The fourth-order valence-corrected chi connectivity index (χ4v) is 1.82. The third kappa shape index (κ3) is 2.69. The van der Waals surface area contributed by atoms with Crippen LogP contribution in [0.1, 0.15) is 29.8 Å². The van der Waals surface area contributed by atoms with E-state index in [-0.39, 0.29) is 6.04 Å². The second-order valence-corrected chi connectivity index (χ2v) is 3.90. The Morgan fingerprint density at radius 3 is 3.00 bits per heavy atom. The zero-order valence-electron chi connectivity index (χ0n) is 7.70. The number of thiazole rings is 1. The Morgan fingerprint density at radius 1 is 1.85 bits per heavy atom. The number of carbonyl (C=O) groups is 1. The van der Waals surface area contributed by atoms with Crippen LogP contribution in [-0.2, 0) is 6.42 Å². The number of rotatable bonds is 3. The molecule has 1 atom stereocenters. The van der Waals surface area contributed by atoms with Crippen LogP contribution in [0.4, 0.5) is 4.79 Å². The molecule has 1 rings (SSSR count). The lowest BCUT2D eigenvalue weighted by Gasteiger charge is -2.07. The Morgan fingerprint density at radius 2 is 2.54 bits per heavy atom. The van der Waals surface area contributed by atoms with E-state index in [1.54, 1.807) is 11.3 Å². The van der Waals surface area contributed by atoms with Crippen LogP contribution in [-0.4, -0.2) is 11.0 Å². The van der Waals surface area contributed by atoms with Crippen molar-refractivity contribution in [1.29, 1.82) is 0 Å². The van der Waals surface area contributed by atoms with Gasteiger partial charge in [0.25, 0.3) is 0 Å². The van der Waals surface area contributed by atoms with Gasteiger partial charge in [0.2, 0.25) is 0 Å². The SMILES string of the molecule is CCc1cnc(C(C)NC(N)=O)s1. The number of hydrogen-bond donors (Lipinski definition) is 2. The van der Waals surface area contributed by atoms with Gasteiger partial charge >= 0.3 is 6.03 Å². The smallest absolute Gasteiger partial charge is 0.312 e. The highest BCUT2D eigenvalue weighted by molar-refractivity contribution is 7.11. The van der Waals surface area contributed by atoms with Gasteiger partial charge in [0.1, 0.15) is 5.01 Å². The summed E-state index contributed by atoms with van der Waals surface area (Å²) in [6.45, 7) is 3.94. The lowest BCUT2D eigenvalue weighted by Crippen LogP contribution is -2.31. The number of urea groups is 1. The maximum absolute atomic E-state index is 10.5. The molecule has 72 valence electrons. The van der Waals surface area contributed by atoms with Crippen molar-refractivity contribution in [2.45, 2.75) is 26.3 Å². The van der Waals surface area contributed by atoms with Crippen LogP contribution in [0.3, 0.4) is 0 Å². The number of nitrogens with one attached hydrogen (secondary N) is 1. The van der Waals surface area contributed by atoms with Gasteiger partial charge < -0.3 is 11.1 Å². The highest BCUT2D eigenvalue weighted by atomic mass is 32.1. The summed E-state index contributed by atoms with van der Waals surface area (Å²) in [4.78, 5) is 16.0. The maximum atomic E-state index is 10.5. The molecule has 3 N–H and O–H groups in total. The molecule has 0 aromatic carbocycles. The molecule has 5 heteroatoms. The highest BCUT2D eigenvalue weighted by Crippen LogP contribution is 2.19. The van der Waals surface area contributed by atoms with Crippen LogP contribution in [0.15, 0.2) is 6.20 Å². The Balaban J connectivity index is 2.65.